The predicted octanol–water partition coefficient (Wildman–Crippen LogP) is 1.26. The molecule has 0 spiro atoms. The van der Waals surface area contributed by atoms with Crippen LogP contribution in [0.15, 0.2) is 5.51 Å². The largest absolute Gasteiger partial charge is 0.392 e. The average molecular weight is 200 g/mol. The number of nitrogens with zero attached hydrogens (tertiary/aromatic N) is 2. The maximum atomic E-state index is 9.17. The van der Waals surface area contributed by atoms with E-state index >= 15 is 0 Å². The Hall–Kier alpha value is -0.450. The molecule has 74 valence electrons. The minimum absolute atomic E-state index is 0.266. The van der Waals surface area contributed by atoms with Crippen LogP contribution in [0.25, 0.3) is 0 Å². The molecule has 0 saturated carbocycles. The molecular weight excluding hydrogens is 184 g/mol. The van der Waals surface area contributed by atoms with Gasteiger partial charge < -0.3 is 5.11 Å². The van der Waals surface area contributed by atoms with E-state index in [4.69, 9.17) is 5.11 Å². The van der Waals surface area contributed by atoms with Crippen molar-refractivity contribution in [3.8, 4) is 0 Å². The number of aromatic nitrogens is 1. The summed E-state index contributed by atoms with van der Waals surface area (Å²) in [6.45, 7) is 5.40. The van der Waals surface area contributed by atoms with E-state index in [-0.39, 0.29) is 6.10 Å². The van der Waals surface area contributed by atoms with E-state index in [2.05, 4.69) is 9.88 Å². The molecule has 0 amide bonds. The Morgan fingerprint density at radius 3 is 2.85 bits per heavy atom. The van der Waals surface area contributed by atoms with Gasteiger partial charge in [-0.2, -0.15) is 0 Å². The van der Waals surface area contributed by atoms with Gasteiger partial charge in [0.05, 0.1) is 17.3 Å². The van der Waals surface area contributed by atoms with Crippen LogP contribution in [-0.4, -0.2) is 34.7 Å². The van der Waals surface area contributed by atoms with Gasteiger partial charge in [-0.3, -0.25) is 4.90 Å². The summed E-state index contributed by atoms with van der Waals surface area (Å²) in [4.78, 5) is 7.56. The van der Waals surface area contributed by atoms with E-state index < -0.39 is 0 Å². The van der Waals surface area contributed by atoms with Gasteiger partial charge in [-0.05, 0) is 20.9 Å². The molecule has 3 nitrogen and oxygen atoms in total. The summed E-state index contributed by atoms with van der Waals surface area (Å²) in [6, 6.07) is 0. The van der Waals surface area contributed by atoms with E-state index in [1.807, 2.05) is 19.5 Å². The highest BCUT2D eigenvalue weighted by atomic mass is 32.1. The number of hydrogen-bond donors (Lipinski definition) is 1. The minimum Gasteiger partial charge on any atom is -0.392 e. The zero-order chi connectivity index (χ0) is 9.84. The second kappa shape index (κ2) is 4.69. The van der Waals surface area contributed by atoms with Crippen LogP contribution in [0.2, 0.25) is 0 Å². The van der Waals surface area contributed by atoms with Gasteiger partial charge >= 0.3 is 0 Å². The molecule has 0 saturated heterocycles. The number of rotatable bonds is 4. The Labute approximate surface area is 83.0 Å². The van der Waals surface area contributed by atoms with Crippen LogP contribution in [-0.2, 0) is 6.54 Å². The van der Waals surface area contributed by atoms with E-state index in [0.717, 1.165) is 12.2 Å². The van der Waals surface area contributed by atoms with Crippen molar-refractivity contribution in [3.05, 3.63) is 16.1 Å². The van der Waals surface area contributed by atoms with Crippen molar-refractivity contribution in [1.82, 2.24) is 9.88 Å². The molecule has 1 aromatic rings. The van der Waals surface area contributed by atoms with Crippen molar-refractivity contribution in [2.24, 2.45) is 0 Å². The highest BCUT2D eigenvalue weighted by Gasteiger charge is 2.07. The molecule has 0 aliphatic rings. The van der Waals surface area contributed by atoms with Gasteiger partial charge in [-0.25, -0.2) is 4.98 Å². The fourth-order valence-electron chi connectivity index (χ4n) is 1.24. The van der Waals surface area contributed by atoms with Gasteiger partial charge in [0, 0.05) is 18.0 Å². The maximum absolute atomic E-state index is 9.17. The Kier molecular flexibility index (Phi) is 3.84. The number of aliphatic hydroxyl groups excluding tert-OH is 1. The second-order valence-corrected chi connectivity index (χ2v) is 4.35. The van der Waals surface area contributed by atoms with E-state index in [0.29, 0.717) is 6.54 Å². The average Bonchev–Trinajstić information content (AvgIpc) is 2.34. The van der Waals surface area contributed by atoms with Crippen LogP contribution in [0.3, 0.4) is 0 Å². The summed E-state index contributed by atoms with van der Waals surface area (Å²) >= 11 is 1.67. The van der Waals surface area contributed by atoms with Crippen molar-refractivity contribution < 1.29 is 5.11 Å². The van der Waals surface area contributed by atoms with Gasteiger partial charge in [0.1, 0.15) is 0 Å². The van der Waals surface area contributed by atoms with Crippen molar-refractivity contribution in [1.29, 1.82) is 0 Å². The van der Waals surface area contributed by atoms with Crippen LogP contribution < -0.4 is 0 Å². The van der Waals surface area contributed by atoms with Crippen molar-refractivity contribution >= 4 is 11.3 Å². The normalized spacial score (nSPS) is 13.6. The lowest BCUT2D eigenvalue weighted by Gasteiger charge is -2.17. The summed E-state index contributed by atoms with van der Waals surface area (Å²) < 4.78 is 0. The third-order valence-electron chi connectivity index (χ3n) is 1.83. The Morgan fingerprint density at radius 2 is 2.38 bits per heavy atom. The fraction of sp³-hybridized carbons (Fsp3) is 0.667. The van der Waals surface area contributed by atoms with E-state index in [9.17, 15) is 0 Å². The van der Waals surface area contributed by atoms with Gasteiger partial charge in [0.25, 0.3) is 0 Å². The van der Waals surface area contributed by atoms with Crippen LogP contribution in [0.4, 0.5) is 0 Å². The topological polar surface area (TPSA) is 36.4 Å². The standard InChI is InChI=1S/C9H16N2OS/c1-7(12)4-11(3)5-9-8(2)10-6-13-9/h6-7,12H,4-5H2,1-3H3. The molecule has 1 rings (SSSR count). The number of aliphatic hydroxyl groups is 1. The molecule has 1 N–H and O–H groups in total. The molecule has 1 atom stereocenters. The first-order valence-electron chi connectivity index (χ1n) is 4.35. The van der Waals surface area contributed by atoms with Crippen LogP contribution in [0, 0.1) is 6.92 Å². The molecule has 1 heterocycles. The first-order chi connectivity index (χ1) is 6.09. The first-order valence-corrected chi connectivity index (χ1v) is 5.23. The van der Waals surface area contributed by atoms with Gasteiger partial charge in [0.2, 0.25) is 0 Å². The van der Waals surface area contributed by atoms with Crippen LogP contribution >= 0.6 is 11.3 Å². The third-order valence-corrected chi connectivity index (χ3v) is 2.75. The number of aryl methyl sites for hydroxylation is 1. The molecule has 13 heavy (non-hydrogen) atoms. The number of thiazole rings is 1. The molecular formula is C9H16N2OS. The predicted molar refractivity (Wildman–Crippen MR) is 54.9 cm³/mol. The molecule has 4 heteroatoms. The van der Waals surface area contributed by atoms with E-state index in [1.54, 1.807) is 18.3 Å². The van der Waals surface area contributed by atoms with Crippen molar-refractivity contribution in [2.75, 3.05) is 13.6 Å². The molecule has 0 radical (unpaired) electrons. The SMILES string of the molecule is Cc1ncsc1CN(C)CC(C)O. The Bertz CT molecular complexity index is 260. The monoisotopic (exact) mass is 200 g/mol. The zero-order valence-corrected chi connectivity index (χ0v) is 9.14. The Morgan fingerprint density at radius 1 is 1.69 bits per heavy atom. The third kappa shape index (κ3) is 3.42. The summed E-state index contributed by atoms with van der Waals surface area (Å²) in [5.41, 5.74) is 2.96. The number of hydrogen-bond acceptors (Lipinski definition) is 4. The maximum Gasteiger partial charge on any atom is 0.0798 e. The highest BCUT2D eigenvalue weighted by molar-refractivity contribution is 7.09. The smallest absolute Gasteiger partial charge is 0.0798 e. The zero-order valence-electron chi connectivity index (χ0n) is 8.32. The highest BCUT2D eigenvalue weighted by Crippen LogP contribution is 2.13. The molecule has 0 aliphatic heterocycles. The van der Waals surface area contributed by atoms with Crippen LogP contribution in [0.1, 0.15) is 17.5 Å². The molecule has 1 unspecified atom stereocenters. The second-order valence-electron chi connectivity index (χ2n) is 3.41. The summed E-state index contributed by atoms with van der Waals surface area (Å²) in [7, 11) is 2.01. The lowest BCUT2D eigenvalue weighted by atomic mass is 10.3. The summed E-state index contributed by atoms with van der Waals surface area (Å²) in [5.74, 6) is 0. The minimum atomic E-state index is -0.266. The quantitative estimate of drug-likeness (QED) is 0.795. The van der Waals surface area contributed by atoms with E-state index in [1.165, 1.54) is 4.88 Å². The summed E-state index contributed by atoms with van der Waals surface area (Å²) in [5, 5.41) is 9.17. The lowest BCUT2D eigenvalue weighted by Crippen LogP contribution is -2.26. The first kappa shape index (κ1) is 10.6. The lowest BCUT2D eigenvalue weighted by molar-refractivity contribution is 0.139. The molecule has 0 fully saturated rings. The van der Waals surface area contributed by atoms with Gasteiger partial charge in [-0.15, -0.1) is 11.3 Å². The fourth-order valence-corrected chi connectivity index (χ4v) is 2.09. The number of likely N-dealkylation sites (N-methyl/N-ethyl adjacent to an activating group) is 1. The van der Waals surface area contributed by atoms with Gasteiger partial charge in [-0.1, -0.05) is 0 Å². The molecule has 1 aromatic heterocycles. The Balaban J connectivity index is 2.45. The van der Waals surface area contributed by atoms with Crippen LogP contribution in [0.5, 0.6) is 0 Å². The molecule has 0 aromatic carbocycles. The summed E-state index contributed by atoms with van der Waals surface area (Å²) in [6.07, 6.45) is -0.266. The van der Waals surface area contributed by atoms with Crippen molar-refractivity contribution in [3.63, 3.8) is 0 Å². The molecule has 0 bridgehead atoms. The molecule has 0 aliphatic carbocycles. The van der Waals surface area contributed by atoms with Crippen molar-refractivity contribution in [2.45, 2.75) is 26.5 Å². The van der Waals surface area contributed by atoms with Gasteiger partial charge in [0.15, 0.2) is 0 Å².